The minimum Gasteiger partial charge on any atom is -0.494 e. The topological polar surface area (TPSA) is 74.2 Å². The molecule has 14 heavy (non-hydrogen) atoms. The van der Waals surface area contributed by atoms with Crippen LogP contribution in [0.3, 0.4) is 0 Å². The molecule has 0 aliphatic heterocycles. The van der Waals surface area contributed by atoms with E-state index in [-0.39, 0.29) is 29.4 Å². The smallest absolute Gasteiger partial charge is 0.280 e. The number of aromatic nitrogens is 1. The van der Waals surface area contributed by atoms with Gasteiger partial charge in [-0.05, 0) is 0 Å². The van der Waals surface area contributed by atoms with Crippen LogP contribution >= 0.6 is 0 Å². The third kappa shape index (κ3) is 1.90. The van der Waals surface area contributed by atoms with E-state index in [0.29, 0.717) is 0 Å². The van der Waals surface area contributed by atoms with E-state index in [4.69, 9.17) is 16.2 Å². The molecule has 1 aromatic heterocycles. The largest absolute Gasteiger partial charge is 0.494 e. The molecule has 4 N–H and O–H groups in total. The van der Waals surface area contributed by atoms with Gasteiger partial charge < -0.3 is 16.2 Å². The molecule has 78 valence electrons. The van der Waals surface area contributed by atoms with Crippen molar-refractivity contribution in [3.05, 3.63) is 17.5 Å². The summed E-state index contributed by atoms with van der Waals surface area (Å²) in [6.45, 7) is 0.00273. The molecule has 0 spiro atoms. The van der Waals surface area contributed by atoms with Crippen LogP contribution in [-0.4, -0.2) is 12.1 Å². The summed E-state index contributed by atoms with van der Waals surface area (Å²) in [7, 11) is 1.35. The van der Waals surface area contributed by atoms with Gasteiger partial charge in [0.2, 0.25) is 0 Å². The van der Waals surface area contributed by atoms with Gasteiger partial charge in [0.15, 0.2) is 0 Å². The Hall–Kier alpha value is -1.43. The first-order chi connectivity index (χ1) is 6.60. The second kappa shape index (κ2) is 4.19. The third-order valence-electron chi connectivity index (χ3n) is 1.76. The fraction of sp³-hybridized carbons (Fsp3) is 0.375. The van der Waals surface area contributed by atoms with Crippen molar-refractivity contribution in [3.8, 4) is 5.75 Å². The lowest BCUT2D eigenvalue weighted by Crippen LogP contribution is -2.08. The summed E-state index contributed by atoms with van der Waals surface area (Å²) in [5.74, 6) is 0.177. The van der Waals surface area contributed by atoms with Crippen molar-refractivity contribution in [1.29, 1.82) is 0 Å². The predicted molar refractivity (Wildman–Crippen MR) is 48.0 cm³/mol. The number of anilines is 1. The second-order valence-corrected chi connectivity index (χ2v) is 2.61. The van der Waals surface area contributed by atoms with Crippen molar-refractivity contribution in [2.24, 2.45) is 5.73 Å². The lowest BCUT2D eigenvalue weighted by atomic mass is 10.2. The molecule has 0 saturated heterocycles. The molecule has 0 aromatic carbocycles. The zero-order valence-electron chi connectivity index (χ0n) is 7.63. The highest BCUT2D eigenvalue weighted by Crippen LogP contribution is 2.28. The molecule has 0 bridgehead atoms. The van der Waals surface area contributed by atoms with E-state index in [2.05, 4.69) is 4.98 Å². The molecule has 1 aromatic rings. The SMILES string of the molecule is COc1cc(C(F)F)nc(CN)c1N. The number of halogens is 2. The molecule has 0 radical (unpaired) electrons. The molecule has 0 fully saturated rings. The van der Waals surface area contributed by atoms with Gasteiger partial charge in [-0.3, -0.25) is 0 Å². The number of hydrogen-bond acceptors (Lipinski definition) is 4. The quantitative estimate of drug-likeness (QED) is 0.770. The highest BCUT2D eigenvalue weighted by Gasteiger charge is 2.15. The summed E-state index contributed by atoms with van der Waals surface area (Å²) in [6.07, 6.45) is -2.66. The standard InChI is InChI=1S/C8H11F2N3O/c1-14-6-2-4(8(9)10)13-5(3-11)7(6)12/h2,8H,3,11-12H2,1H3. The van der Waals surface area contributed by atoms with E-state index in [9.17, 15) is 8.78 Å². The Morgan fingerprint density at radius 1 is 1.57 bits per heavy atom. The minimum absolute atomic E-state index is 0.00273. The number of alkyl halides is 2. The lowest BCUT2D eigenvalue weighted by molar-refractivity contribution is 0.145. The van der Waals surface area contributed by atoms with Crippen LogP contribution < -0.4 is 16.2 Å². The molecular formula is C8H11F2N3O. The van der Waals surface area contributed by atoms with Gasteiger partial charge in [-0.15, -0.1) is 0 Å². The van der Waals surface area contributed by atoms with Crippen molar-refractivity contribution >= 4 is 5.69 Å². The Balaban J connectivity index is 3.25. The zero-order chi connectivity index (χ0) is 10.7. The van der Waals surface area contributed by atoms with Crippen molar-refractivity contribution in [1.82, 2.24) is 4.98 Å². The molecule has 0 unspecified atom stereocenters. The molecule has 1 rings (SSSR count). The van der Waals surface area contributed by atoms with Crippen LogP contribution in [0.15, 0.2) is 6.07 Å². The maximum Gasteiger partial charge on any atom is 0.280 e. The predicted octanol–water partition coefficient (Wildman–Crippen LogP) is 1.07. The van der Waals surface area contributed by atoms with Gasteiger partial charge in [0.25, 0.3) is 6.43 Å². The fourth-order valence-corrected chi connectivity index (χ4v) is 1.04. The summed E-state index contributed by atoms with van der Waals surface area (Å²) in [4.78, 5) is 3.62. The molecule has 4 nitrogen and oxygen atoms in total. The highest BCUT2D eigenvalue weighted by molar-refractivity contribution is 5.56. The van der Waals surface area contributed by atoms with Gasteiger partial charge in [0.05, 0.1) is 18.5 Å². The number of methoxy groups -OCH3 is 1. The molecule has 0 saturated carbocycles. The van der Waals surface area contributed by atoms with Gasteiger partial charge in [0.1, 0.15) is 11.4 Å². The van der Waals surface area contributed by atoms with Crippen LogP contribution in [-0.2, 0) is 6.54 Å². The van der Waals surface area contributed by atoms with Gasteiger partial charge in [-0.1, -0.05) is 0 Å². The van der Waals surface area contributed by atoms with E-state index >= 15 is 0 Å². The molecule has 0 atom stereocenters. The first-order valence-electron chi connectivity index (χ1n) is 3.91. The summed E-state index contributed by atoms with van der Waals surface area (Å²) in [5, 5.41) is 0. The Bertz CT molecular complexity index is 305. The average molecular weight is 203 g/mol. The Morgan fingerprint density at radius 2 is 2.21 bits per heavy atom. The van der Waals surface area contributed by atoms with E-state index in [1.165, 1.54) is 7.11 Å². The van der Waals surface area contributed by atoms with Crippen molar-refractivity contribution in [2.45, 2.75) is 13.0 Å². The molecule has 1 heterocycles. The second-order valence-electron chi connectivity index (χ2n) is 2.61. The van der Waals surface area contributed by atoms with E-state index in [1.807, 2.05) is 0 Å². The first-order valence-corrected chi connectivity index (χ1v) is 3.91. The van der Waals surface area contributed by atoms with E-state index in [0.717, 1.165) is 6.07 Å². The van der Waals surface area contributed by atoms with Gasteiger partial charge in [-0.2, -0.15) is 0 Å². The van der Waals surface area contributed by atoms with Crippen LogP contribution in [0.4, 0.5) is 14.5 Å². The molecule has 0 aliphatic carbocycles. The van der Waals surface area contributed by atoms with Crippen molar-refractivity contribution < 1.29 is 13.5 Å². The average Bonchev–Trinajstić information content (AvgIpc) is 2.17. The van der Waals surface area contributed by atoms with Gasteiger partial charge >= 0.3 is 0 Å². The van der Waals surface area contributed by atoms with Crippen LogP contribution in [0.1, 0.15) is 17.8 Å². The van der Waals surface area contributed by atoms with Gasteiger partial charge in [0, 0.05) is 12.6 Å². The Kier molecular flexibility index (Phi) is 3.19. The Labute approximate surface area is 79.9 Å². The van der Waals surface area contributed by atoms with E-state index < -0.39 is 6.43 Å². The number of nitrogens with two attached hydrogens (primary N) is 2. The molecular weight excluding hydrogens is 192 g/mol. The van der Waals surface area contributed by atoms with E-state index in [1.54, 1.807) is 0 Å². The van der Waals surface area contributed by atoms with Crippen LogP contribution in [0.2, 0.25) is 0 Å². The molecule has 0 amide bonds. The molecule has 0 aliphatic rings. The van der Waals surface area contributed by atoms with Gasteiger partial charge in [-0.25, -0.2) is 13.8 Å². The normalized spacial score (nSPS) is 10.6. The summed E-state index contributed by atoms with van der Waals surface area (Å²) in [5.41, 5.74) is 10.9. The molecule has 6 heteroatoms. The lowest BCUT2D eigenvalue weighted by Gasteiger charge is -2.10. The number of pyridine rings is 1. The number of rotatable bonds is 3. The van der Waals surface area contributed by atoms with Crippen molar-refractivity contribution in [3.63, 3.8) is 0 Å². The number of ether oxygens (including phenoxy) is 1. The maximum atomic E-state index is 12.3. The third-order valence-corrected chi connectivity index (χ3v) is 1.76. The summed E-state index contributed by atoms with van der Waals surface area (Å²) < 4.78 is 29.5. The number of nitrogen functional groups attached to an aromatic ring is 1. The van der Waals surface area contributed by atoms with Crippen LogP contribution in [0, 0.1) is 0 Å². The zero-order valence-corrected chi connectivity index (χ0v) is 7.63. The number of hydrogen-bond donors (Lipinski definition) is 2. The number of nitrogens with zero attached hydrogens (tertiary/aromatic N) is 1. The minimum atomic E-state index is -2.66. The first kappa shape index (κ1) is 10.6. The monoisotopic (exact) mass is 203 g/mol. The summed E-state index contributed by atoms with van der Waals surface area (Å²) in [6, 6.07) is 1.11. The highest BCUT2D eigenvalue weighted by atomic mass is 19.3. The van der Waals surface area contributed by atoms with Crippen LogP contribution in [0.5, 0.6) is 5.75 Å². The Morgan fingerprint density at radius 3 is 2.64 bits per heavy atom. The maximum absolute atomic E-state index is 12.3. The van der Waals surface area contributed by atoms with Crippen LogP contribution in [0.25, 0.3) is 0 Å². The fourth-order valence-electron chi connectivity index (χ4n) is 1.04. The van der Waals surface area contributed by atoms with Crippen molar-refractivity contribution in [2.75, 3.05) is 12.8 Å². The summed E-state index contributed by atoms with van der Waals surface area (Å²) >= 11 is 0.